The van der Waals surface area contributed by atoms with Crippen LogP contribution >= 0.6 is 0 Å². The fourth-order valence-electron chi connectivity index (χ4n) is 6.18. The highest BCUT2D eigenvalue weighted by Crippen LogP contribution is 2.35. The van der Waals surface area contributed by atoms with Crippen LogP contribution in [0, 0.1) is 0 Å². The van der Waals surface area contributed by atoms with Crippen LogP contribution in [0.5, 0.6) is 0 Å². The molecule has 0 N–H and O–H groups in total. The van der Waals surface area contributed by atoms with Gasteiger partial charge in [0.25, 0.3) is 0 Å². The second kappa shape index (κ2) is 12.1. The first-order valence-electron chi connectivity index (χ1n) is 16.1. The molecule has 49 heavy (non-hydrogen) atoms. The predicted octanol–water partition coefficient (Wildman–Crippen LogP) is 10.6. The molecule has 0 amide bonds. The highest BCUT2D eigenvalue weighted by Gasteiger charge is 2.17. The maximum absolute atomic E-state index is 6.25. The molecule has 0 radical (unpaired) electrons. The van der Waals surface area contributed by atoms with Crippen molar-refractivity contribution < 1.29 is 4.42 Å². The van der Waals surface area contributed by atoms with Gasteiger partial charge in [0.15, 0.2) is 11.4 Å². The Morgan fingerprint density at radius 1 is 0.408 bits per heavy atom. The van der Waals surface area contributed by atoms with Gasteiger partial charge in [-0.1, -0.05) is 140 Å². The number of furan rings is 1. The lowest BCUT2D eigenvalue weighted by Gasteiger charge is -2.10. The quantitative estimate of drug-likeness (QED) is 0.182. The minimum absolute atomic E-state index is 0.534. The fraction of sp³-hybridized carbons (Fsp3) is 0. The molecule has 6 heteroatoms. The largest absolute Gasteiger partial charge is 0.434 e. The second-order valence-electron chi connectivity index (χ2n) is 11.8. The van der Waals surface area contributed by atoms with Crippen LogP contribution < -0.4 is 0 Å². The molecule has 6 nitrogen and oxygen atoms in total. The van der Waals surface area contributed by atoms with Gasteiger partial charge in [-0.05, 0) is 28.8 Å². The summed E-state index contributed by atoms with van der Waals surface area (Å²) in [6, 6.07) is 51.5. The SMILES string of the molecule is c1ccc(-c2ccc(-c3cc(-c4ccc(-c5ncnc6c5oc5ncc(-c7ccccc7)cc56)cc4)nc(-c4ccccc4)n3)cc2)cc1. The highest BCUT2D eigenvalue weighted by atomic mass is 16.3. The lowest BCUT2D eigenvalue weighted by molar-refractivity contribution is 0.652. The molecule has 0 atom stereocenters. The third kappa shape index (κ3) is 5.41. The molecule has 0 aliphatic rings. The van der Waals surface area contributed by atoms with Crippen LogP contribution in [0.15, 0.2) is 169 Å². The first-order chi connectivity index (χ1) is 24.3. The van der Waals surface area contributed by atoms with Crippen molar-refractivity contribution in [3.63, 3.8) is 0 Å². The topological polar surface area (TPSA) is 77.6 Å². The Kier molecular flexibility index (Phi) is 7.02. The van der Waals surface area contributed by atoms with Gasteiger partial charge in [0.2, 0.25) is 5.71 Å². The minimum Gasteiger partial charge on any atom is -0.434 e. The van der Waals surface area contributed by atoms with Gasteiger partial charge < -0.3 is 4.42 Å². The number of hydrogen-bond acceptors (Lipinski definition) is 6. The molecule has 0 saturated carbocycles. The zero-order valence-corrected chi connectivity index (χ0v) is 26.2. The maximum atomic E-state index is 6.25. The molecule has 4 aromatic heterocycles. The lowest BCUT2D eigenvalue weighted by atomic mass is 10.0. The van der Waals surface area contributed by atoms with Crippen molar-refractivity contribution in [3.8, 4) is 67.4 Å². The van der Waals surface area contributed by atoms with Crippen LogP contribution in [0.25, 0.3) is 89.6 Å². The summed E-state index contributed by atoms with van der Waals surface area (Å²) in [4.78, 5) is 23.9. The van der Waals surface area contributed by atoms with Crippen molar-refractivity contribution in [1.29, 1.82) is 0 Å². The molecule has 230 valence electrons. The van der Waals surface area contributed by atoms with Gasteiger partial charge in [0.1, 0.15) is 17.5 Å². The van der Waals surface area contributed by atoms with E-state index in [2.05, 4.69) is 99.9 Å². The van der Waals surface area contributed by atoms with Gasteiger partial charge in [0, 0.05) is 34.0 Å². The van der Waals surface area contributed by atoms with Gasteiger partial charge in [0.05, 0.1) is 16.8 Å². The van der Waals surface area contributed by atoms with Crippen LogP contribution in [0.4, 0.5) is 0 Å². The standard InChI is InChI=1S/C43H27N5O/c1-4-10-28(11-5-1)30-16-18-31(19-17-30)37-25-38(48-42(47-37)34-14-8-3-9-15-34)32-20-22-33(23-21-32)39-41-40(46-27-45-39)36-24-35(26-44-43(36)49-41)29-12-6-2-7-13-29/h1-27H. The van der Waals surface area contributed by atoms with Gasteiger partial charge in [-0.25, -0.2) is 24.9 Å². The summed E-state index contributed by atoms with van der Waals surface area (Å²) in [6.07, 6.45) is 3.42. The molecule has 0 bridgehead atoms. The molecule has 0 spiro atoms. The number of hydrogen-bond donors (Lipinski definition) is 0. The number of fused-ring (bicyclic) bond motifs is 3. The third-order valence-corrected chi connectivity index (χ3v) is 8.72. The molecule has 4 heterocycles. The third-order valence-electron chi connectivity index (χ3n) is 8.72. The van der Waals surface area contributed by atoms with Crippen molar-refractivity contribution in [1.82, 2.24) is 24.9 Å². The highest BCUT2D eigenvalue weighted by molar-refractivity contribution is 6.06. The van der Waals surface area contributed by atoms with Crippen molar-refractivity contribution in [2.75, 3.05) is 0 Å². The minimum atomic E-state index is 0.534. The Morgan fingerprint density at radius 3 is 1.53 bits per heavy atom. The van der Waals surface area contributed by atoms with Crippen LogP contribution in [-0.4, -0.2) is 24.9 Å². The number of rotatable bonds is 6. The zero-order chi connectivity index (χ0) is 32.6. The van der Waals surface area contributed by atoms with Crippen LogP contribution in [0.3, 0.4) is 0 Å². The molecule has 0 saturated heterocycles. The predicted molar refractivity (Wildman–Crippen MR) is 195 cm³/mol. The van der Waals surface area contributed by atoms with Gasteiger partial charge in [-0.3, -0.25) is 0 Å². The molecule has 0 fully saturated rings. The van der Waals surface area contributed by atoms with E-state index < -0.39 is 0 Å². The Bertz CT molecular complexity index is 2570. The van der Waals surface area contributed by atoms with Crippen molar-refractivity contribution in [2.24, 2.45) is 0 Å². The summed E-state index contributed by atoms with van der Waals surface area (Å²) in [7, 11) is 0. The summed E-state index contributed by atoms with van der Waals surface area (Å²) >= 11 is 0. The number of aromatic nitrogens is 5. The van der Waals surface area contributed by atoms with Crippen LogP contribution in [-0.2, 0) is 0 Å². The Hall–Kier alpha value is -6.79. The van der Waals surface area contributed by atoms with E-state index >= 15 is 0 Å². The lowest BCUT2D eigenvalue weighted by Crippen LogP contribution is -1.96. The van der Waals surface area contributed by atoms with E-state index in [1.807, 2.05) is 72.9 Å². The molecule has 5 aromatic carbocycles. The van der Waals surface area contributed by atoms with E-state index in [0.29, 0.717) is 22.8 Å². The molecule has 0 aliphatic carbocycles. The van der Waals surface area contributed by atoms with E-state index in [-0.39, 0.29) is 0 Å². The Morgan fingerprint density at radius 2 is 0.918 bits per heavy atom. The van der Waals surface area contributed by atoms with Crippen LogP contribution in [0.2, 0.25) is 0 Å². The van der Waals surface area contributed by atoms with E-state index in [9.17, 15) is 0 Å². The summed E-state index contributed by atoms with van der Waals surface area (Å²) in [6.45, 7) is 0. The van der Waals surface area contributed by atoms with Crippen molar-refractivity contribution in [3.05, 3.63) is 164 Å². The number of benzene rings is 5. The molecule has 0 aliphatic heterocycles. The maximum Gasteiger partial charge on any atom is 0.229 e. The average molecular weight is 630 g/mol. The molecule has 9 rings (SSSR count). The van der Waals surface area contributed by atoms with E-state index in [0.717, 1.165) is 61.2 Å². The first-order valence-corrected chi connectivity index (χ1v) is 16.1. The normalized spacial score (nSPS) is 11.3. The van der Waals surface area contributed by atoms with Crippen molar-refractivity contribution >= 4 is 22.2 Å². The van der Waals surface area contributed by atoms with E-state index in [1.54, 1.807) is 6.33 Å². The molecular weight excluding hydrogens is 603 g/mol. The molecule has 9 aromatic rings. The smallest absolute Gasteiger partial charge is 0.229 e. The van der Waals surface area contributed by atoms with Crippen LogP contribution in [0.1, 0.15) is 0 Å². The Labute approximate surface area is 282 Å². The first kappa shape index (κ1) is 28.4. The van der Waals surface area contributed by atoms with Crippen molar-refractivity contribution in [2.45, 2.75) is 0 Å². The van der Waals surface area contributed by atoms with E-state index in [1.165, 1.54) is 5.56 Å². The van der Waals surface area contributed by atoms with E-state index in [4.69, 9.17) is 14.4 Å². The van der Waals surface area contributed by atoms with Gasteiger partial charge in [-0.2, -0.15) is 0 Å². The summed E-state index contributed by atoms with van der Waals surface area (Å²) < 4.78 is 6.25. The zero-order valence-electron chi connectivity index (χ0n) is 26.2. The number of pyridine rings is 1. The van der Waals surface area contributed by atoms with Gasteiger partial charge in [-0.15, -0.1) is 0 Å². The summed E-state index contributed by atoms with van der Waals surface area (Å²) in [5.74, 6) is 0.673. The molecular formula is C43H27N5O. The summed E-state index contributed by atoms with van der Waals surface area (Å²) in [5, 5.41) is 0.857. The fourth-order valence-corrected chi connectivity index (χ4v) is 6.18. The molecule has 0 unspecified atom stereocenters. The summed E-state index contributed by atoms with van der Waals surface area (Å²) in [5.41, 5.74) is 12.6. The second-order valence-corrected chi connectivity index (χ2v) is 11.8. The monoisotopic (exact) mass is 629 g/mol. The number of nitrogens with zero attached hydrogens (tertiary/aromatic N) is 5. The average Bonchev–Trinajstić information content (AvgIpc) is 3.57. The van der Waals surface area contributed by atoms with Gasteiger partial charge >= 0.3 is 0 Å². The Balaban J connectivity index is 1.09.